The van der Waals surface area contributed by atoms with Gasteiger partial charge in [0.15, 0.2) is 0 Å². The van der Waals surface area contributed by atoms with Crippen LogP contribution < -0.4 is 0 Å². The molecular weight excluding hydrogens is 396 g/mol. The van der Waals surface area contributed by atoms with Gasteiger partial charge in [-0.15, -0.1) is 0 Å². The first-order valence-corrected chi connectivity index (χ1v) is 8.22. The van der Waals surface area contributed by atoms with Crippen molar-refractivity contribution in [1.29, 1.82) is 0 Å². The van der Waals surface area contributed by atoms with E-state index in [2.05, 4.69) is 20.9 Å². The normalized spacial score (nSPS) is 11.8. The van der Waals surface area contributed by atoms with Crippen molar-refractivity contribution >= 4 is 39.6 Å². The minimum atomic E-state index is -0.757. The van der Waals surface area contributed by atoms with E-state index in [9.17, 15) is 19.7 Å². The van der Waals surface area contributed by atoms with E-state index in [4.69, 9.17) is 9.47 Å². The van der Waals surface area contributed by atoms with Gasteiger partial charge in [0, 0.05) is 16.7 Å². The molecular formula is C16H19BrN2O6. The lowest BCUT2D eigenvalue weighted by Gasteiger charge is -2.19. The van der Waals surface area contributed by atoms with Gasteiger partial charge in [-0.05, 0) is 49.7 Å². The Morgan fingerprint density at radius 1 is 1.40 bits per heavy atom. The van der Waals surface area contributed by atoms with Crippen LogP contribution in [-0.4, -0.2) is 34.1 Å². The lowest BCUT2D eigenvalue weighted by Crippen LogP contribution is -2.25. The molecule has 0 aliphatic heterocycles. The summed E-state index contributed by atoms with van der Waals surface area (Å²) in [6, 6.07) is 1.26. The Morgan fingerprint density at radius 3 is 2.56 bits per heavy atom. The number of pyridine rings is 1. The van der Waals surface area contributed by atoms with Gasteiger partial charge in [-0.3, -0.25) is 14.9 Å². The highest BCUT2D eigenvalue weighted by Crippen LogP contribution is 2.24. The van der Waals surface area contributed by atoms with Crippen LogP contribution in [-0.2, 0) is 19.1 Å². The Bertz CT molecular complexity index is 709. The van der Waals surface area contributed by atoms with Crippen LogP contribution in [0.2, 0.25) is 0 Å². The second-order valence-electron chi connectivity index (χ2n) is 5.97. The number of carbonyl (C=O) groups is 2. The number of rotatable bonds is 6. The van der Waals surface area contributed by atoms with Crippen LogP contribution in [0.5, 0.6) is 0 Å². The van der Waals surface area contributed by atoms with Crippen molar-refractivity contribution in [2.75, 3.05) is 6.61 Å². The Morgan fingerprint density at radius 2 is 2.04 bits per heavy atom. The molecule has 0 atom stereocenters. The monoisotopic (exact) mass is 414 g/mol. The van der Waals surface area contributed by atoms with E-state index in [1.807, 2.05) is 0 Å². The highest BCUT2D eigenvalue weighted by atomic mass is 79.9. The Kier molecular flexibility index (Phi) is 7.22. The van der Waals surface area contributed by atoms with Gasteiger partial charge in [0.1, 0.15) is 11.3 Å². The van der Waals surface area contributed by atoms with Crippen molar-refractivity contribution in [3.8, 4) is 0 Å². The first-order chi connectivity index (χ1) is 11.5. The number of nitro groups is 1. The maximum atomic E-state index is 12.1. The molecule has 8 nitrogen and oxygen atoms in total. The predicted octanol–water partition coefficient (Wildman–Crippen LogP) is 3.43. The van der Waals surface area contributed by atoms with Gasteiger partial charge >= 0.3 is 11.9 Å². The molecule has 0 radical (unpaired) electrons. The smallest absolute Gasteiger partial charge is 0.334 e. The van der Waals surface area contributed by atoms with Crippen LogP contribution in [0.1, 0.15) is 39.8 Å². The Balaban J connectivity index is 3.24. The molecule has 25 heavy (non-hydrogen) atoms. The lowest BCUT2D eigenvalue weighted by molar-refractivity contribution is -0.385. The number of aromatic nitrogens is 1. The summed E-state index contributed by atoms with van der Waals surface area (Å²) in [5.74, 6) is -1.40. The van der Waals surface area contributed by atoms with Gasteiger partial charge in [0.25, 0.3) is 5.69 Å². The predicted molar refractivity (Wildman–Crippen MR) is 93.7 cm³/mol. The van der Waals surface area contributed by atoms with Crippen LogP contribution >= 0.6 is 15.9 Å². The number of nitrogens with zero attached hydrogens (tertiary/aromatic N) is 2. The molecule has 1 aromatic rings. The molecule has 0 saturated heterocycles. The summed E-state index contributed by atoms with van der Waals surface area (Å²) >= 11 is 3.10. The molecule has 0 spiro atoms. The fourth-order valence-corrected chi connectivity index (χ4v) is 2.12. The van der Waals surface area contributed by atoms with Gasteiger partial charge in [-0.1, -0.05) is 0 Å². The summed E-state index contributed by atoms with van der Waals surface area (Å²) in [6.45, 7) is 6.79. The molecule has 0 amide bonds. The summed E-state index contributed by atoms with van der Waals surface area (Å²) in [6.07, 6.45) is 2.15. The Hall–Kier alpha value is -2.29. The second-order valence-corrected chi connectivity index (χ2v) is 6.88. The highest BCUT2D eigenvalue weighted by molar-refractivity contribution is 9.10. The van der Waals surface area contributed by atoms with Crippen molar-refractivity contribution in [2.45, 2.75) is 39.7 Å². The fraction of sp³-hybridized carbons (Fsp3) is 0.438. The largest absolute Gasteiger partial charge is 0.463 e. The molecule has 0 saturated carbocycles. The van der Waals surface area contributed by atoms with Crippen molar-refractivity contribution in [1.82, 2.24) is 4.98 Å². The summed E-state index contributed by atoms with van der Waals surface area (Å²) in [5, 5.41) is 11.2. The van der Waals surface area contributed by atoms with Crippen molar-refractivity contribution in [2.24, 2.45) is 0 Å². The van der Waals surface area contributed by atoms with E-state index in [0.717, 1.165) is 0 Å². The quantitative estimate of drug-likeness (QED) is 0.303. The molecule has 1 rings (SSSR count). The van der Waals surface area contributed by atoms with Crippen LogP contribution in [0.3, 0.4) is 0 Å². The van der Waals surface area contributed by atoms with E-state index in [-0.39, 0.29) is 30.0 Å². The maximum absolute atomic E-state index is 12.1. The van der Waals surface area contributed by atoms with Gasteiger partial charge in [-0.25, -0.2) is 9.78 Å². The van der Waals surface area contributed by atoms with Crippen molar-refractivity contribution in [3.05, 3.63) is 38.1 Å². The summed E-state index contributed by atoms with van der Waals surface area (Å²) < 4.78 is 10.5. The van der Waals surface area contributed by atoms with E-state index in [1.165, 1.54) is 18.3 Å². The third-order valence-electron chi connectivity index (χ3n) is 2.66. The molecule has 1 heterocycles. The summed E-state index contributed by atoms with van der Waals surface area (Å²) in [4.78, 5) is 38.6. The number of carbonyl (C=O) groups excluding carboxylic acids is 2. The molecule has 0 unspecified atom stereocenters. The van der Waals surface area contributed by atoms with Crippen LogP contribution in [0.4, 0.5) is 5.69 Å². The van der Waals surface area contributed by atoms with Crippen LogP contribution in [0.25, 0.3) is 6.08 Å². The standard InChI is InChI=1S/C16H19BrN2O6/c1-5-24-15(21)10(7-14(20)25-16(2,3)4)6-12-13(19(22)23)8-11(17)9-18-12/h6,8-9H,5,7H2,1-4H3/b10-6+. The first-order valence-electron chi connectivity index (χ1n) is 7.43. The first kappa shape index (κ1) is 20.8. The summed E-state index contributed by atoms with van der Waals surface area (Å²) in [7, 11) is 0. The average Bonchev–Trinajstić information content (AvgIpc) is 2.46. The van der Waals surface area contributed by atoms with Gasteiger partial charge in [0.2, 0.25) is 0 Å². The minimum absolute atomic E-state index is 0.0557. The molecule has 0 aliphatic carbocycles. The van der Waals surface area contributed by atoms with Crippen LogP contribution in [0.15, 0.2) is 22.3 Å². The van der Waals surface area contributed by atoms with E-state index in [1.54, 1.807) is 27.7 Å². The molecule has 1 aromatic heterocycles. The van der Waals surface area contributed by atoms with Crippen LogP contribution in [0, 0.1) is 10.1 Å². The SMILES string of the molecule is CCOC(=O)/C(=C/c1ncc(Br)cc1[N+](=O)[O-])CC(=O)OC(C)(C)C. The highest BCUT2D eigenvalue weighted by Gasteiger charge is 2.23. The lowest BCUT2D eigenvalue weighted by atomic mass is 10.1. The van der Waals surface area contributed by atoms with Gasteiger partial charge in [-0.2, -0.15) is 0 Å². The zero-order valence-corrected chi connectivity index (χ0v) is 16.0. The zero-order valence-electron chi connectivity index (χ0n) is 14.4. The number of halogens is 1. The molecule has 0 aromatic carbocycles. The molecule has 0 N–H and O–H groups in total. The van der Waals surface area contributed by atoms with Gasteiger partial charge < -0.3 is 9.47 Å². The molecule has 0 aliphatic rings. The van der Waals surface area contributed by atoms with E-state index in [0.29, 0.717) is 4.47 Å². The van der Waals surface area contributed by atoms with Gasteiger partial charge in [0.05, 0.1) is 23.5 Å². The average molecular weight is 415 g/mol. The topological polar surface area (TPSA) is 109 Å². The third kappa shape index (κ3) is 7.00. The third-order valence-corrected chi connectivity index (χ3v) is 3.10. The number of ether oxygens (including phenoxy) is 2. The second kappa shape index (κ2) is 8.70. The Labute approximate surface area is 153 Å². The molecule has 0 bridgehead atoms. The van der Waals surface area contributed by atoms with E-state index >= 15 is 0 Å². The van der Waals surface area contributed by atoms with Crippen molar-refractivity contribution < 1.29 is 24.0 Å². The summed E-state index contributed by atoms with van der Waals surface area (Å²) in [5.41, 5.74) is -1.16. The molecule has 9 heteroatoms. The van der Waals surface area contributed by atoms with Crippen molar-refractivity contribution in [3.63, 3.8) is 0 Å². The molecule has 0 fully saturated rings. The number of hydrogen-bond acceptors (Lipinski definition) is 7. The minimum Gasteiger partial charge on any atom is -0.463 e. The molecule has 136 valence electrons. The number of hydrogen-bond donors (Lipinski definition) is 0. The zero-order chi connectivity index (χ0) is 19.2. The number of esters is 2. The van der Waals surface area contributed by atoms with E-state index < -0.39 is 22.5 Å². The fourth-order valence-electron chi connectivity index (χ4n) is 1.80. The maximum Gasteiger partial charge on any atom is 0.334 e.